The van der Waals surface area contributed by atoms with Gasteiger partial charge >= 0.3 is 0 Å². The van der Waals surface area contributed by atoms with Crippen LogP contribution in [0.5, 0.6) is 5.75 Å². The lowest BCUT2D eigenvalue weighted by Crippen LogP contribution is -2.44. The van der Waals surface area contributed by atoms with E-state index in [0.717, 1.165) is 25.0 Å². The van der Waals surface area contributed by atoms with Gasteiger partial charge in [-0.2, -0.15) is 0 Å². The molecule has 6 nitrogen and oxygen atoms in total. The summed E-state index contributed by atoms with van der Waals surface area (Å²) in [7, 11) is 0. The summed E-state index contributed by atoms with van der Waals surface area (Å²) in [5.41, 5.74) is 0. The molecule has 2 N–H and O–H groups in total. The summed E-state index contributed by atoms with van der Waals surface area (Å²) in [5.74, 6) is -2.60. The molecule has 1 aliphatic heterocycles. The number of likely N-dealkylation sites (tertiary alicyclic amines) is 1. The Labute approximate surface area is 138 Å². The average Bonchev–Trinajstić information content (AvgIpc) is 2.70. The van der Waals surface area contributed by atoms with Crippen molar-refractivity contribution in [3.05, 3.63) is 29.8 Å². The first-order chi connectivity index (χ1) is 11.5. The van der Waals surface area contributed by atoms with Gasteiger partial charge in [0.25, 0.3) is 5.91 Å². The van der Waals surface area contributed by atoms with E-state index < -0.39 is 23.6 Å². The molecule has 1 saturated heterocycles. The lowest BCUT2D eigenvalue weighted by Gasteiger charge is -2.21. The third-order valence-corrected chi connectivity index (χ3v) is 3.67. The second-order valence-electron chi connectivity index (χ2n) is 5.55. The average molecular weight is 342 g/mol. The normalized spacial score (nSPS) is 18.2. The van der Waals surface area contributed by atoms with E-state index in [4.69, 9.17) is 4.74 Å². The number of amides is 2. The van der Waals surface area contributed by atoms with E-state index in [1.165, 1.54) is 11.0 Å². The molecule has 1 fully saturated rings. The molecule has 2 amide bonds. The molecule has 1 atom stereocenters. The van der Waals surface area contributed by atoms with Crippen LogP contribution >= 0.6 is 0 Å². The van der Waals surface area contributed by atoms with E-state index in [0.29, 0.717) is 13.0 Å². The third kappa shape index (κ3) is 5.16. The van der Waals surface area contributed by atoms with Gasteiger partial charge in [0.1, 0.15) is 18.5 Å². The number of benzene rings is 1. The number of carbonyl (C=O) groups excluding carboxylic acids is 2. The first-order valence-corrected chi connectivity index (χ1v) is 7.79. The van der Waals surface area contributed by atoms with Crippen LogP contribution in [0.15, 0.2) is 18.2 Å². The van der Waals surface area contributed by atoms with Crippen LogP contribution in [0.4, 0.5) is 8.78 Å². The maximum atomic E-state index is 13.0. The highest BCUT2D eigenvalue weighted by molar-refractivity contribution is 5.87. The minimum Gasteiger partial charge on any atom is -0.492 e. The zero-order valence-electron chi connectivity index (χ0n) is 13.1. The van der Waals surface area contributed by atoms with Crippen LogP contribution in [0.2, 0.25) is 0 Å². The standard InChI is InChI=1S/C16H20F2N2O4/c17-12-5-4-11(9-13(12)18)24-8-6-19-15(22)10-20-7-2-1-3-14(21)16(20)23/h4-5,9,14,21H,1-3,6-8,10H2,(H,19,22). The summed E-state index contributed by atoms with van der Waals surface area (Å²) in [5, 5.41) is 12.2. The molecule has 0 aliphatic carbocycles. The number of ether oxygens (including phenoxy) is 1. The molecule has 1 heterocycles. The van der Waals surface area contributed by atoms with Gasteiger partial charge in [-0.1, -0.05) is 0 Å². The molecular weight excluding hydrogens is 322 g/mol. The van der Waals surface area contributed by atoms with Crippen molar-refractivity contribution < 1.29 is 28.2 Å². The zero-order chi connectivity index (χ0) is 17.5. The lowest BCUT2D eigenvalue weighted by molar-refractivity contribution is -0.142. The quantitative estimate of drug-likeness (QED) is 0.751. The Morgan fingerprint density at radius 2 is 2.12 bits per heavy atom. The minimum atomic E-state index is -1.04. The first kappa shape index (κ1) is 18.1. The van der Waals surface area contributed by atoms with Gasteiger partial charge in [-0.3, -0.25) is 9.59 Å². The maximum Gasteiger partial charge on any atom is 0.251 e. The van der Waals surface area contributed by atoms with Crippen LogP contribution in [0.3, 0.4) is 0 Å². The number of hydrogen-bond donors (Lipinski definition) is 2. The number of nitrogens with one attached hydrogen (secondary N) is 1. The Bertz CT molecular complexity index is 597. The molecule has 8 heteroatoms. The largest absolute Gasteiger partial charge is 0.492 e. The Balaban J connectivity index is 1.71. The molecule has 1 aromatic carbocycles. The van der Waals surface area contributed by atoms with Gasteiger partial charge < -0.3 is 20.1 Å². The molecular formula is C16H20F2N2O4. The summed E-state index contributed by atoms with van der Waals surface area (Å²) >= 11 is 0. The van der Waals surface area contributed by atoms with Crippen molar-refractivity contribution in [3.63, 3.8) is 0 Å². The van der Waals surface area contributed by atoms with Gasteiger partial charge in [0, 0.05) is 12.6 Å². The fourth-order valence-electron chi connectivity index (χ4n) is 2.40. The highest BCUT2D eigenvalue weighted by Crippen LogP contribution is 2.15. The van der Waals surface area contributed by atoms with Gasteiger partial charge in [-0.05, 0) is 31.4 Å². The number of nitrogens with zero attached hydrogens (tertiary/aromatic N) is 1. The number of aliphatic hydroxyl groups is 1. The second-order valence-corrected chi connectivity index (χ2v) is 5.55. The van der Waals surface area contributed by atoms with E-state index in [9.17, 15) is 23.5 Å². The van der Waals surface area contributed by atoms with Crippen molar-refractivity contribution in [3.8, 4) is 5.75 Å². The van der Waals surface area contributed by atoms with E-state index in [-0.39, 0.29) is 31.4 Å². The van der Waals surface area contributed by atoms with Gasteiger partial charge in [-0.15, -0.1) is 0 Å². The van der Waals surface area contributed by atoms with E-state index in [1.54, 1.807) is 0 Å². The molecule has 1 aliphatic rings. The van der Waals surface area contributed by atoms with Crippen molar-refractivity contribution in [2.45, 2.75) is 25.4 Å². The number of aliphatic hydroxyl groups excluding tert-OH is 1. The molecule has 1 unspecified atom stereocenters. The van der Waals surface area contributed by atoms with Crippen LogP contribution < -0.4 is 10.1 Å². The van der Waals surface area contributed by atoms with Crippen LogP contribution in [0, 0.1) is 11.6 Å². The molecule has 24 heavy (non-hydrogen) atoms. The van der Waals surface area contributed by atoms with Gasteiger partial charge in [0.05, 0.1) is 13.1 Å². The highest BCUT2D eigenvalue weighted by atomic mass is 19.2. The molecule has 0 radical (unpaired) electrons. The van der Waals surface area contributed by atoms with E-state index in [1.807, 2.05) is 0 Å². The van der Waals surface area contributed by atoms with Gasteiger partial charge in [-0.25, -0.2) is 8.78 Å². The first-order valence-electron chi connectivity index (χ1n) is 7.79. The van der Waals surface area contributed by atoms with Crippen LogP contribution in [0.1, 0.15) is 19.3 Å². The molecule has 0 saturated carbocycles. The second kappa shape index (κ2) is 8.58. The van der Waals surface area contributed by atoms with Crippen LogP contribution in [-0.2, 0) is 9.59 Å². The maximum absolute atomic E-state index is 13.0. The predicted octanol–water partition coefficient (Wildman–Crippen LogP) is 0.833. The van der Waals surface area contributed by atoms with Crippen LogP contribution in [0.25, 0.3) is 0 Å². The molecule has 1 aromatic rings. The predicted molar refractivity (Wildman–Crippen MR) is 81.3 cm³/mol. The number of hydrogen-bond acceptors (Lipinski definition) is 4. The van der Waals surface area contributed by atoms with Crippen molar-refractivity contribution in [1.29, 1.82) is 0 Å². The van der Waals surface area contributed by atoms with E-state index in [2.05, 4.69) is 5.32 Å². The summed E-state index contributed by atoms with van der Waals surface area (Å²) in [6.45, 7) is 0.547. The Hall–Kier alpha value is -2.22. The summed E-state index contributed by atoms with van der Waals surface area (Å²) in [4.78, 5) is 25.0. The molecule has 2 rings (SSSR count). The molecule has 0 aromatic heterocycles. The van der Waals surface area contributed by atoms with Crippen molar-refractivity contribution in [2.75, 3.05) is 26.2 Å². The number of halogens is 2. The Kier molecular flexibility index (Phi) is 6.48. The molecule has 0 bridgehead atoms. The van der Waals surface area contributed by atoms with Gasteiger partial charge in [0.15, 0.2) is 11.6 Å². The minimum absolute atomic E-state index is 0.0768. The fourth-order valence-corrected chi connectivity index (χ4v) is 2.40. The Morgan fingerprint density at radius 3 is 2.88 bits per heavy atom. The topological polar surface area (TPSA) is 78.9 Å². The lowest BCUT2D eigenvalue weighted by atomic mass is 10.2. The monoisotopic (exact) mass is 342 g/mol. The SMILES string of the molecule is O=C(CN1CCCCC(O)C1=O)NCCOc1ccc(F)c(F)c1. The van der Waals surface area contributed by atoms with Gasteiger partial charge in [0.2, 0.25) is 5.91 Å². The number of rotatable bonds is 6. The molecule has 132 valence electrons. The summed E-state index contributed by atoms with van der Waals surface area (Å²) in [6.07, 6.45) is 0.860. The Morgan fingerprint density at radius 1 is 1.33 bits per heavy atom. The van der Waals surface area contributed by atoms with Crippen LogP contribution in [-0.4, -0.2) is 54.2 Å². The summed E-state index contributed by atoms with van der Waals surface area (Å²) < 4.78 is 31.0. The summed E-state index contributed by atoms with van der Waals surface area (Å²) in [6, 6.07) is 3.17. The number of carbonyl (C=O) groups is 2. The van der Waals surface area contributed by atoms with Crippen molar-refractivity contribution >= 4 is 11.8 Å². The third-order valence-electron chi connectivity index (χ3n) is 3.67. The van der Waals surface area contributed by atoms with Crippen molar-refractivity contribution in [1.82, 2.24) is 10.2 Å². The molecule has 0 spiro atoms. The van der Waals surface area contributed by atoms with E-state index >= 15 is 0 Å². The highest BCUT2D eigenvalue weighted by Gasteiger charge is 2.26. The smallest absolute Gasteiger partial charge is 0.251 e. The fraction of sp³-hybridized carbons (Fsp3) is 0.500. The zero-order valence-corrected chi connectivity index (χ0v) is 13.1. The van der Waals surface area contributed by atoms with Crippen molar-refractivity contribution in [2.24, 2.45) is 0 Å².